The summed E-state index contributed by atoms with van der Waals surface area (Å²) in [7, 11) is 3.89. The lowest BCUT2D eigenvalue weighted by molar-refractivity contribution is -0.122. The number of aryl methyl sites for hydroxylation is 1. The molecule has 1 aromatic rings. The van der Waals surface area contributed by atoms with Gasteiger partial charge in [0.05, 0.1) is 0 Å². The van der Waals surface area contributed by atoms with Crippen LogP contribution in [-0.2, 0) is 4.79 Å². The van der Waals surface area contributed by atoms with Crippen molar-refractivity contribution in [2.75, 3.05) is 14.1 Å². The van der Waals surface area contributed by atoms with E-state index < -0.39 is 0 Å². The van der Waals surface area contributed by atoms with E-state index in [9.17, 15) is 0 Å². The van der Waals surface area contributed by atoms with Gasteiger partial charge in [0.2, 0.25) is 0 Å². The van der Waals surface area contributed by atoms with E-state index in [1.807, 2.05) is 63.4 Å². The molecule has 0 saturated heterocycles. The summed E-state index contributed by atoms with van der Waals surface area (Å²) in [4.78, 5) is 8.36. The second-order valence-corrected chi connectivity index (χ2v) is 3.89. The molecule has 0 fully saturated rings. The fourth-order valence-electron chi connectivity index (χ4n) is 0.765. The van der Waals surface area contributed by atoms with E-state index >= 15 is 0 Å². The Bertz CT molecular complexity index is 293. The Balaban J connectivity index is 0. The summed E-state index contributed by atoms with van der Waals surface area (Å²) in [6, 6.07) is 7.97. The smallest absolute Gasteiger partial charge is 0.290 e. The van der Waals surface area contributed by atoms with Gasteiger partial charge in [-0.2, -0.15) is 0 Å². The third-order valence-corrected chi connectivity index (χ3v) is 1.92. The van der Waals surface area contributed by atoms with E-state index in [1.165, 1.54) is 12.2 Å². The number of carboxylic acid groups (broad SMARTS) is 1. The van der Waals surface area contributed by atoms with Crippen molar-refractivity contribution in [2.45, 2.75) is 20.8 Å². The fourth-order valence-corrected chi connectivity index (χ4v) is 1.18. The first-order valence-corrected chi connectivity index (χ1v) is 5.97. The number of hydrogen-bond donors (Lipinski definition) is 1. The summed E-state index contributed by atoms with van der Waals surface area (Å²) in [5.41, 5.74) is 1.16. The minimum Gasteiger partial charge on any atom is -0.483 e. The minimum atomic E-state index is -0.250. The predicted octanol–water partition coefficient (Wildman–Crippen LogP) is 3.23. The molecule has 5 heteroatoms. The Labute approximate surface area is 108 Å². The molecule has 0 aromatic heterocycles. The van der Waals surface area contributed by atoms with Crippen LogP contribution in [0.1, 0.15) is 19.4 Å². The minimum absolute atomic E-state index is 0.250. The zero-order valence-electron chi connectivity index (χ0n) is 11.0. The summed E-state index contributed by atoms with van der Waals surface area (Å²) in [6.07, 6.45) is 0. The van der Waals surface area contributed by atoms with Crippen LogP contribution in [-0.4, -0.2) is 30.0 Å². The molecule has 0 unspecified atom stereocenters. The van der Waals surface area contributed by atoms with E-state index in [-0.39, 0.29) is 6.47 Å². The first-order valence-electron chi connectivity index (χ1n) is 5.27. The lowest BCUT2D eigenvalue weighted by Crippen LogP contribution is -2.02. The molecule has 0 atom stereocenters. The van der Waals surface area contributed by atoms with Crippen molar-refractivity contribution in [2.24, 2.45) is 0 Å². The van der Waals surface area contributed by atoms with Crippen LogP contribution in [0.25, 0.3) is 0 Å². The van der Waals surface area contributed by atoms with Gasteiger partial charge in [0.15, 0.2) is 0 Å². The third kappa shape index (κ3) is 11.1. The number of hydrogen-bond acceptors (Lipinski definition) is 4. The number of nitrogens with zero attached hydrogens (tertiary/aromatic N) is 1. The SMILES string of the molecule is CC.Cc1ccccc1OSN(C)C.O=CO. The second kappa shape index (κ2) is 12.9. The molecule has 0 bridgehead atoms. The van der Waals surface area contributed by atoms with Crippen molar-refractivity contribution in [3.05, 3.63) is 29.8 Å². The van der Waals surface area contributed by atoms with E-state index in [1.54, 1.807) is 0 Å². The quantitative estimate of drug-likeness (QED) is 0.513. The van der Waals surface area contributed by atoms with Gasteiger partial charge >= 0.3 is 0 Å². The maximum absolute atomic E-state index is 8.36. The van der Waals surface area contributed by atoms with Crippen molar-refractivity contribution in [1.29, 1.82) is 0 Å². The van der Waals surface area contributed by atoms with E-state index in [0.29, 0.717) is 0 Å². The molecule has 4 nitrogen and oxygen atoms in total. The zero-order chi connectivity index (χ0) is 13.7. The molecule has 0 spiro atoms. The largest absolute Gasteiger partial charge is 0.483 e. The first kappa shape index (κ1) is 18.2. The molecular formula is C12H21NO3S. The van der Waals surface area contributed by atoms with Crippen molar-refractivity contribution < 1.29 is 14.1 Å². The van der Waals surface area contributed by atoms with Crippen LogP contribution in [0.5, 0.6) is 5.75 Å². The number of benzene rings is 1. The predicted molar refractivity (Wildman–Crippen MR) is 73.1 cm³/mol. The highest BCUT2D eigenvalue weighted by Crippen LogP contribution is 2.21. The second-order valence-electron chi connectivity index (χ2n) is 2.84. The van der Waals surface area contributed by atoms with Crippen LogP contribution in [0.3, 0.4) is 0 Å². The van der Waals surface area contributed by atoms with Crippen LogP contribution in [0.4, 0.5) is 0 Å². The number of carbonyl (C=O) groups is 1. The number of rotatable bonds is 3. The summed E-state index contributed by atoms with van der Waals surface area (Å²) in [5, 5.41) is 6.89. The average molecular weight is 259 g/mol. The van der Waals surface area contributed by atoms with Gasteiger partial charge in [-0.3, -0.25) is 4.79 Å². The molecule has 17 heavy (non-hydrogen) atoms. The molecule has 1 N–H and O–H groups in total. The maximum atomic E-state index is 8.36. The molecule has 0 aliphatic rings. The zero-order valence-corrected chi connectivity index (χ0v) is 11.8. The first-order chi connectivity index (χ1) is 8.11. The lowest BCUT2D eigenvalue weighted by Gasteiger charge is -2.09. The van der Waals surface area contributed by atoms with E-state index in [0.717, 1.165) is 11.3 Å². The van der Waals surface area contributed by atoms with Crippen LogP contribution in [0, 0.1) is 6.92 Å². The van der Waals surface area contributed by atoms with Crippen LogP contribution >= 0.6 is 12.2 Å². The molecule has 1 aromatic carbocycles. The maximum Gasteiger partial charge on any atom is 0.290 e. The lowest BCUT2D eigenvalue weighted by atomic mass is 10.2. The van der Waals surface area contributed by atoms with Gasteiger partial charge < -0.3 is 9.29 Å². The van der Waals surface area contributed by atoms with Gasteiger partial charge in [-0.15, -0.1) is 0 Å². The Kier molecular flexibility index (Phi) is 13.8. The average Bonchev–Trinajstić information content (AvgIpc) is 2.31. The van der Waals surface area contributed by atoms with Crippen LogP contribution < -0.4 is 4.18 Å². The fraction of sp³-hybridized carbons (Fsp3) is 0.417. The standard InChI is InChI=1S/C9H13NOS.C2H6.CH2O2/c1-8-6-4-5-7-9(8)11-12-10(2)3;1-2;2-1-3/h4-7H,1-3H3;1-2H3;1H,(H,2,3). The van der Waals surface area contributed by atoms with Gasteiger partial charge in [-0.05, 0) is 18.6 Å². The highest BCUT2D eigenvalue weighted by Gasteiger charge is 1.98. The van der Waals surface area contributed by atoms with Gasteiger partial charge in [0.1, 0.15) is 18.0 Å². The summed E-state index contributed by atoms with van der Waals surface area (Å²) in [6.45, 7) is 5.78. The van der Waals surface area contributed by atoms with Crippen LogP contribution in [0.15, 0.2) is 24.3 Å². The monoisotopic (exact) mass is 259 g/mol. The molecule has 0 saturated carbocycles. The topological polar surface area (TPSA) is 49.8 Å². The van der Waals surface area contributed by atoms with Crippen molar-refractivity contribution in [1.82, 2.24) is 4.31 Å². The molecule has 0 heterocycles. The summed E-state index contributed by atoms with van der Waals surface area (Å²) >= 11 is 1.33. The Hall–Kier alpha value is -1.20. The summed E-state index contributed by atoms with van der Waals surface area (Å²) < 4.78 is 7.35. The van der Waals surface area contributed by atoms with Gasteiger partial charge in [0, 0.05) is 14.1 Å². The Morgan fingerprint density at radius 3 is 2.18 bits per heavy atom. The Morgan fingerprint density at radius 2 is 1.76 bits per heavy atom. The van der Waals surface area contributed by atoms with Gasteiger partial charge in [-0.25, -0.2) is 4.31 Å². The van der Waals surface area contributed by atoms with Gasteiger partial charge in [0.25, 0.3) is 6.47 Å². The molecule has 0 aliphatic carbocycles. The van der Waals surface area contributed by atoms with Crippen molar-refractivity contribution >= 4 is 18.7 Å². The van der Waals surface area contributed by atoms with E-state index in [4.69, 9.17) is 14.1 Å². The molecular weight excluding hydrogens is 238 g/mol. The molecule has 0 aliphatic heterocycles. The van der Waals surface area contributed by atoms with Gasteiger partial charge in [-0.1, -0.05) is 32.0 Å². The normalized spacial score (nSPS) is 8.35. The summed E-state index contributed by atoms with van der Waals surface area (Å²) in [5.74, 6) is 0.927. The van der Waals surface area contributed by atoms with Crippen molar-refractivity contribution in [3.8, 4) is 5.75 Å². The van der Waals surface area contributed by atoms with E-state index in [2.05, 4.69) is 0 Å². The van der Waals surface area contributed by atoms with Crippen LogP contribution in [0.2, 0.25) is 0 Å². The molecule has 0 radical (unpaired) electrons. The Morgan fingerprint density at radius 1 is 1.29 bits per heavy atom. The molecule has 0 amide bonds. The molecule has 1 rings (SSSR count). The highest BCUT2D eigenvalue weighted by atomic mass is 32.2. The van der Waals surface area contributed by atoms with Crippen molar-refractivity contribution in [3.63, 3.8) is 0 Å². The molecule has 98 valence electrons. The number of para-hydroxylation sites is 1. The third-order valence-electron chi connectivity index (χ3n) is 1.37. The highest BCUT2D eigenvalue weighted by molar-refractivity contribution is 7.92.